The minimum Gasteiger partial charge on any atom is -0.490 e. The van der Waals surface area contributed by atoms with Crippen molar-refractivity contribution in [2.75, 3.05) is 13.7 Å². The molecule has 0 aromatic heterocycles. The van der Waals surface area contributed by atoms with Crippen LogP contribution in [0.1, 0.15) is 45.1 Å². The lowest BCUT2D eigenvalue weighted by molar-refractivity contribution is -0.106. The molecule has 0 spiro atoms. The van der Waals surface area contributed by atoms with Crippen molar-refractivity contribution in [2.45, 2.75) is 64.3 Å². The Bertz CT molecular complexity index is 675. The summed E-state index contributed by atoms with van der Waals surface area (Å²) in [4.78, 5) is 4.44. The Morgan fingerprint density at radius 3 is 2.74 bits per heavy atom. The molecular formula is C21H32IN3O2. The average molecular weight is 485 g/mol. The summed E-state index contributed by atoms with van der Waals surface area (Å²) in [7, 11) is 1.83. The van der Waals surface area contributed by atoms with E-state index in [0.717, 1.165) is 24.7 Å². The van der Waals surface area contributed by atoms with Gasteiger partial charge in [0, 0.05) is 43.1 Å². The third-order valence-corrected chi connectivity index (χ3v) is 6.38. The zero-order valence-corrected chi connectivity index (χ0v) is 18.9. The summed E-state index contributed by atoms with van der Waals surface area (Å²) >= 11 is 0. The summed E-state index contributed by atoms with van der Waals surface area (Å²) in [6.07, 6.45) is 5.54. The van der Waals surface area contributed by atoms with Crippen LogP contribution < -0.4 is 15.4 Å². The van der Waals surface area contributed by atoms with E-state index in [1.165, 1.54) is 24.8 Å². The van der Waals surface area contributed by atoms with Crippen molar-refractivity contribution in [3.8, 4) is 5.75 Å². The average Bonchev–Trinajstić information content (AvgIpc) is 3.06. The SMILES string of the molecule is CN=C(NCc1ccccc1OC1CCC1)NC1C2CCOC2C1(C)C.I. The van der Waals surface area contributed by atoms with Gasteiger partial charge >= 0.3 is 0 Å². The molecule has 150 valence electrons. The summed E-state index contributed by atoms with van der Waals surface area (Å²) in [5.41, 5.74) is 1.32. The number of rotatable bonds is 5. The topological polar surface area (TPSA) is 54.9 Å². The van der Waals surface area contributed by atoms with Gasteiger partial charge in [-0.05, 0) is 31.7 Å². The molecule has 3 fully saturated rings. The molecule has 1 heterocycles. The number of nitrogens with one attached hydrogen (secondary N) is 2. The fourth-order valence-corrected chi connectivity index (χ4v) is 4.57. The first kappa shape index (κ1) is 20.7. The van der Waals surface area contributed by atoms with Crippen LogP contribution >= 0.6 is 24.0 Å². The van der Waals surface area contributed by atoms with E-state index in [0.29, 0.717) is 30.7 Å². The first-order valence-corrected chi connectivity index (χ1v) is 9.93. The summed E-state index contributed by atoms with van der Waals surface area (Å²) in [5, 5.41) is 7.11. The zero-order chi connectivity index (χ0) is 18.1. The number of fused-ring (bicyclic) bond motifs is 1. The van der Waals surface area contributed by atoms with Gasteiger partial charge in [0.05, 0.1) is 12.2 Å². The van der Waals surface area contributed by atoms with Gasteiger partial charge in [-0.15, -0.1) is 24.0 Å². The standard InChI is InChI=1S/C21H31N3O2.HI/c1-21(2)18(16-11-12-25-19(16)21)24-20(22-3)23-13-14-7-4-5-10-17(14)26-15-8-6-9-15;/h4-5,7,10,15-16,18-19H,6,8-9,11-13H2,1-3H3,(H2,22,23,24);1H. The number of benzene rings is 1. The van der Waals surface area contributed by atoms with Crippen molar-refractivity contribution in [3.05, 3.63) is 29.8 Å². The van der Waals surface area contributed by atoms with Crippen LogP contribution in [0.4, 0.5) is 0 Å². The molecule has 2 aliphatic carbocycles. The molecule has 6 heteroatoms. The van der Waals surface area contributed by atoms with Gasteiger partial charge in [0.25, 0.3) is 0 Å². The normalized spacial score (nSPS) is 29.0. The minimum absolute atomic E-state index is 0. The Morgan fingerprint density at radius 1 is 1.26 bits per heavy atom. The molecule has 3 aliphatic rings. The second kappa shape index (κ2) is 8.55. The highest BCUT2D eigenvalue weighted by molar-refractivity contribution is 14.0. The van der Waals surface area contributed by atoms with Crippen LogP contribution in [0.3, 0.4) is 0 Å². The predicted molar refractivity (Wildman–Crippen MR) is 119 cm³/mol. The quantitative estimate of drug-likeness (QED) is 0.380. The molecule has 1 aromatic rings. The van der Waals surface area contributed by atoms with E-state index >= 15 is 0 Å². The summed E-state index contributed by atoms with van der Waals surface area (Å²) in [5.74, 6) is 2.44. The van der Waals surface area contributed by atoms with Crippen LogP contribution in [0.15, 0.2) is 29.3 Å². The second-order valence-electron chi connectivity index (χ2n) is 8.39. The minimum atomic E-state index is 0. The van der Waals surface area contributed by atoms with Gasteiger partial charge in [-0.1, -0.05) is 32.0 Å². The van der Waals surface area contributed by atoms with Crippen molar-refractivity contribution in [1.82, 2.24) is 10.6 Å². The lowest BCUT2D eigenvalue weighted by Gasteiger charge is -2.54. The number of ether oxygens (including phenoxy) is 2. The molecule has 1 aliphatic heterocycles. The molecule has 0 radical (unpaired) electrons. The number of hydrogen-bond donors (Lipinski definition) is 2. The molecule has 5 nitrogen and oxygen atoms in total. The molecular weight excluding hydrogens is 453 g/mol. The van der Waals surface area contributed by atoms with Crippen molar-refractivity contribution < 1.29 is 9.47 Å². The first-order valence-electron chi connectivity index (χ1n) is 9.93. The third kappa shape index (κ3) is 4.06. The van der Waals surface area contributed by atoms with E-state index in [1.807, 2.05) is 13.1 Å². The monoisotopic (exact) mass is 485 g/mol. The molecule has 0 bridgehead atoms. The Kier molecular flexibility index (Phi) is 6.56. The van der Waals surface area contributed by atoms with Crippen molar-refractivity contribution in [1.29, 1.82) is 0 Å². The molecule has 4 rings (SSSR count). The molecule has 27 heavy (non-hydrogen) atoms. The smallest absolute Gasteiger partial charge is 0.191 e. The summed E-state index contributed by atoms with van der Waals surface area (Å²) in [6, 6.07) is 8.71. The number of halogens is 1. The van der Waals surface area contributed by atoms with Crippen LogP contribution in [0.5, 0.6) is 5.75 Å². The van der Waals surface area contributed by atoms with Gasteiger partial charge in [-0.3, -0.25) is 4.99 Å². The van der Waals surface area contributed by atoms with Gasteiger partial charge in [-0.25, -0.2) is 0 Å². The molecule has 0 amide bonds. The van der Waals surface area contributed by atoms with E-state index in [4.69, 9.17) is 9.47 Å². The highest BCUT2D eigenvalue weighted by Crippen LogP contribution is 2.52. The first-order chi connectivity index (χ1) is 12.6. The Balaban J connectivity index is 0.00000210. The largest absolute Gasteiger partial charge is 0.490 e. The van der Waals surface area contributed by atoms with Gasteiger partial charge in [0.2, 0.25) is 0 Å². The lowest BCUT2D eigenvalue weighted by atomic mass is 9.57. The van der Waals surface area contributed by atoms with Crippen LogP contribution in [0.25, 0.3) is 0 Å². The number of nitrogens with zero attached hydrogens (tertiary/aromatic N) is 1. The molecule has 2 N–H and O–H groups in total. The van der Waals surface area contributed by atoms with Crippen LogP contribution in [-0.2, 0) is 11.3 Å². The fraction of sp³-hybridized carbons (Fsp3) is 0.667. The Labute approximate surface area is 179 Å². The number of hydrogen-bond acceptors (Lipinski definition) is 3. The number of aliphatic imine (C=N–C) groups is 1. The molecule has 1 saturated heterocycles. The van der Waals surface area contributed by atoms with E-state index in [9.17, 15) is 0 Å². The molecule has 3 atom stereocenters. The highest BCUT2D eigenvalue weighted by Gasteiger charge is 2.59. The van der Waals surface area contributed by atoms with E-state index in [2.05, 4.69) is 47.7 Å². The number of para-hydroxylation sites is 1. The lowest BCUT2D eigenvalue weighted by Crippen LogP contribution is -2.67. The maximum absolute atomic E-state index is 6.13. The number of guanidine groups is 1. The second-order valence-corrected chi connectivity index (χ2v) is 8.39. The predicted octanol–water partition coefficient (Wildman–Crippen LogP) is 3.71. The summed E-state index contributed by atoms with van der Waals surface area (Å²) < 4.78 is 12.0. The van der Waals surface area contributed by atoms with Crippen LogP contribution in [-0.4, -0.2) is 37.9 Å². The van der Waals surface area contributed by atoms with Crippen molar-refractivity contribution in [3.63, 3.8) is 0 Å². The highest BCUT2D eigenvalue weighted by atomic mass is 127. The van der Waals surface area contributed by atoms with Crippen LogP contribution in [0.2, 0.25) is 0 Å². The third-order valence-electron chi connectivity index (χ3n) is 6.38. The fourth-order valence-electron chi connectivity index (χ4n) is 4.57. The van der Waals surface area contributed by atoms with Crippen molar-refractivity contribution >= 4 is 29.9 Å². The van der Waals surface area contributed by atoms with E-state index in [-0.39, 0.29) is 29.4 Å². The Hall–Kier alpha value is -1.02. The van der Waals surface area contributed by atoms with E-state index in [1.54, 1.807) is 0 Å². The zero-order valence-electron chi connectivity index (χ0n) is 16.5. The van der Waals surface area contributed by atoms with E-state index < -0.39 is 0 Å². The maximum atomic E-state index is 6.13. The van der Waals surface area contributed by atoms with Crippen molar-refractivity contribution in [2.24, 2.45) is 16.3 Å². The molecule has 2 saturated carbocycles. The van der Waals surface area contributed by atoms with Gasteiger partial charge in [-0.2, -0.15) is 0 Å². The Morgan fingerprint density at radius 2 is 2.04 bits per heavy atom. The van der Waals surface area contributed by atoms with Crippen LogP contribution in [0, 0.1) is 11.3 Å². The molecule has 3 unspecified atom stereocenters. The summed E-state index contributed by atoms with van der Waals surface area (Å²) in [6.45, 7) is 6.16. The molecule has 1 aromatic carbocycles. The van der Waals surface area contributed by atoms with Gasteiger partial charge in [0.1, 0.15) is 5.75 Å². The maximum Gasteiger partial charge on any atom is 0.191 e. The van der Waals surface area contributed by atoms with Gasteiger partial charge in [0.15, 0.2) is 5.96 Å². The van der Waals surface area contributed by atoms with Gasteiger partial charge < -0.3 is 20.1 Å².